The van der Waals surface area contributed by atoms with E-state index in [1.165, 1.54) is 42.3 Å². The Morgan fingerprint density at radius 3 is 2.69 bits per heavy atom. The summed E-state index contributed by atoms with van der Waals surface area (Å²) in [5, 5.41) is 0. The summed E-state index contributed by atoms with van der Waals surface area (Å²) >= 11 is 0. The van der Waals surface area contributed by atoms with Gasteiger partial charge in [0.05, 0.1) is 11.0 Å². The third kappa shape index (κ3) is 1.61. The maximum Gasteiger partial charge on any atom is 0.108 e. The predicted molar refractivity (Wildman–Crippen MR) is 65.5 cm³/mol. The Hall–Kier alpha value is -1.35. The van der Waals surface area contributed by atoms with Crippen LogP contribution in [0, 0.1) is 0 Å². The molecule has 1 heterocycles. The number of rotatable bonds is 2. The van der Waals surface area contributed by atoms with Crippen molar-refractivity contribution < 1.29 is 0 Å². The maximum atomic E-state index is 5.54. The fourth-order valence-electron chi connectivity index (χ4n) is 2.55. The minimum Gasteiger partial charge on any atom is -0.342 e. The molecular formula is C13H17N3. The van der Waals surface area contributed by atoms with Gasteiger partial charge >= 0.3 is 0 Å². The van der Waals surface area contributed by atoms with Crippen molar-refractivity contribution in [2.75, 3.05) is 6.54 Å². The Bertz CT molecular complexity index is 470. The first-order chi connectivity index (χ1) is 7.86. The van der Waals surface area contributed by atoms with Crippen molar-refractivity contribution in [1.29, 1.82) is 0 Å². The quantitative estimate of drug-likeness (QED) is 0.804. The summed E-state index contributed by atoms with van der Waals surface area (Å²) in [6.07, 6.45) is 5.90. The molecule has 1 aliphatic rings. The van der Waals surface area contributed by atoms with E-state index >= 15 is 0 Å². The zero-order valence-electron chi connectivity index (χ0n) is 9.42. The molecule has 3 nitrogen and oxygen atoms in total. The number of H-pyrrole nitrogens is 1. The van der Waals surface area contributed by atoms with Crippen LogP contribution >= 0.6 is 0 Å². The highest BCUT2D eigenvalue weighted by molar-refractivity contribution is 5.77. The molecule has 0 amide bonds. The first-order valence-electron chi connectivity index (χ1n) is 6.07. The fraction of sp³-hybridized carbons (Fsp3) is 0.462. The Morgan fingerprint density at radius 1 is 1.19 bits per heavy atom. The molecule has 3 N–H and O–H groups in total. The minimum atomic E-state index is 0.652. The number of hydrogen-bond acceptors (Lipinski definition) is 2. The molecule has 0 atom stereocenters. The summed E-state index contributed by atoms with van der Waals surface area (Å²) in [7, 11) is 0. The van der Waals surface area contributed by atoms with Crippen molar-refractivity contribution >= 4 is 11.0 Å². The standard InChI is InChI=1S/C13H17N3/c14-6-5-13-15-11-7-9-3-1-2-4-10(9)8-12(11)16-13/h7-8H,1-6,14H2,(H,15,16). The highest BCUT2D eigenvalue weighted by Crippen LogP contribution is 2.25. The van der Waals surface area contributed by atoms with Crippen LogP contribution in [0.3, 0.4) is 0 Å². The van der Waals surface area contributed by atoms with E-state index in [0.717, 1.165) is 17.8 Å². The van der Waals surface area contributed by atoms with Gasteiger partial charge in [0.15, 0.2) is 0 Å². The predicted octanol–water partition coefficient (Wildman–Crippen LogP) is 1.94. The van der Waals surface area contributed by atoms with E-state index in [2.05, 4.69) is 22.1 Å². The van der Waals surface area contributed by atoms with Crippen LogP contribution in [0.5, 0.6) is 0 Å². The van der Waals surface area contributed by atoms with Gasteiger partial charge in [0.2, 0.25) is 0 Å². The van der Waals surface area contributed by atoms with Gasteiger partial charge < -0.3 is 10.7 Å². The third-order valence-corrected chi connectivity index (χ3v) is 3.38. The van der Waals surface area contributed by atoms with Crippen LogP contribution in [0.2, 0.25) is 0 Å². The van der Waals surface area contributed by atoms with Crippen molar-refractivity contribution in [3.63, 3.8) is 0 Å². The van der Waals surface area contributed by atoms with Crippen LogP contribution in [-0.2, 0) is 19.3 Å². The number of hydrogen-bond donors (Lipinski definition) is 2. The summed E-state index contributed by atoms with van der Waals surface area (Å²) in [5.74, 6) is 1.01. The molecule has 1 aromatic carbocycles. The maximum absolute atomic E-state index is 5.54. The van der Waals surface area contributed by atoms with Crippen LogP contribution < -0.4 is 5.73 Å². The monoisotopic (exact) mass is 215 g/mol. The van der Waals surface area contributed by atoms with E-state index in [4.69, 9.17) is 5.73 Å². The molecule has 16 heavy (non-hydrogen) atoms. The lowest BCUT2D eigenvalue weighted by molar-refractivity contribution is 0.687. The Kier molecular flexibility index (Phi) is 2.40. The van der Waals surface area contributed by atoms with Gasteiger partial charge in [0.1, 0.15) is 5.82 Å². The molecule has 0 saturated carbocycles. The number of nitrogens with one attached hydrogen (secondary N) is 1. The molecule has 3 heteroatoms. The lowest BCUT2D eigenvalue weighted by atomic mass is 9.91. The van der Waals surface area contributed by atoms with Crippen LogP contribution in [0.4, 0.5) is 0 Å². The molecule has 0 unspecified atom stereocenters. The average molecular weight is 215 g/mol. The van der Waals surface area contributed by atoms with Gasteiger partial charge in [-0.05, 0) is 55.5 Å². The molecule has 0 fully saturated rings. The fourth-order valence-corrected chi connectivity index (χ4v) is 2.55. The number of nitrogens with zero attached hydrogens (tertiary/aromatic N) is 1. The second-order valence-electron chi connectivity index (χ2n) is 4.57. The van der Waals surface area contributed by atoms with Gasteiger partial charge in [0, 0.05) is 6.42 Å². The van der Waals surface area contributed by atoms with Gasteiger partial charge in [-0.1, -0.05) is 0 Å². The van der Waals surface area contributed by atoms with Crippen LogP contribution in [0.1, 0.15) is 29.8 Å². The molecule has 1 aliphatic carbocycles. The smallest absolute Gasteiger partial charge is 0.108 e. The van der Waals surface area contributed by atoms with Crippen molar-refractivity contribution in [2.45, 2.75) is 32.1 Å². The van der Waals surface area contributed by atoms with E-state index in [0.29, 0.717) is 6.54 Å². The second-order valence-corrected chi connectivity index (χ2v) is 4.57. The highest BCUT2D eigenvalue weighted by atomic mass is 14.9. The molecule has 0 bridgehead atoms. The largest absolute Gasteiger partial charge is 0.342 e. The lowest BCUT2D eigenvalue weighted by Crippen LogP contribution is -2.03. The first-order valence-corrected chi connectivity index (χ1v) is 6.07. The summed E-state index contributed by atoms with van der Waals surface area (Å²) < 4.78 is 0. The average Bonchev–Trinajstić information content (AvgIpc) is 2.67. The lowest BCUT2D eigenvalue weighted by Gasteiger charge is -2.14. The van der Waals surface area contributed by atoms with Gasteiger partial charge in [-0.2, -0.15) is 0 Å². The molecule has 2 aromatic rings. The molecular weight excluding hydrogens is 198 g/mol. The Balaban J connectivity index is 2.09. The van der Waals surface area contributed by atoms with E-state index in [1.54, 1.807) is 0 Å². The molecule has 0 radical (unpaired) electrons. The van der Waals surface area contributed by atoms with E-state index in [1.807, 2.05) is 0 Å². The second kappa shape index (κ2) is 3.91. The van der Waals surface area contributed by atoms with Crippen LogP contribution in [-0.4, -0.2) is 16.5 Å². The van der Waals surface area contributed by atoms with Crippen LogP contribution in [0.25, 0.3) is 11.0 Å². The van der Waals surface area contributed by atoms with Gasteiger partial charge in [-0.15, -0.1) is 0 Å². The normalized spacial score (nSPS) is 15.3. The summed E-state index contributed by atoms with van der Waals surface area (Å²) in [6, 6.07) is 4.52. The SMILES string of the molecule is NCCc1nc2cc3c(cc2[nH]1)CCCC3. The zero-order valence-corrected chi connectivity index (χ0v) is 9.42. The van der Waals surface area contributed by atoms with E-state index < -0.39 is 0 Å². The minimum absolute atomic E-state index is 0.652. The van der Waals surface area contributed by atoms with Crippen molar-refractivity contribution in [3.05, 3.63) is 29.1 Å². The van der Waals surface area contributed by atoms with Crippen molar-refractivity contribution in [1.82, 2.24) is 9.97 Å². The Labute approximate surface area is 95.1 Å². The molecule has 3 rings (SSSR count). The summed E-state index contributed by atoms with van der Waals surface area (Å²) in [5.41, 5.74) is 10.8. The molecule has 0 aliphatic heterocycles. The number of benzene rings is 1. The van der Waals surface area contributed by atoms with Gasteiger partial charge in [-0.25, -0.2) is 4.98 Å². The zero-order chi connectivity index (χ0) is 11.0. The summed E-state index contributed by atoms with van der Waals surface area (Å²) in [4.78, 5) is 7.93. The summed E-state index contributed by atoms with van der Waals surface area (Å²) in [6.45, 7) is 0.652. The number of nitrogens with two attached hydrogens (primary N) is 1. The first kappa shape index (κ1) is 9.85. The van der Waals surface area contributed by atoms with E-state index in [-0.39, 0.29) is 0 Å². The van der Waals surface area contributed by atoms with Gasteiger partial charge in [0.25, 0.3) is 0 Å². The number of fused-ring (bicyclic) bond motifs is 2. The molecule has 1 aromatic heterocycles. The highest BCUT2D eigenvalue weighted by Gasteiger charge is 2.12. The molecule has 0 saturated heterocycles. The van der Waals surface area contributed by atoms with E-state index in [9.17, 15) is 0 Å². The number of aromatic nitrogens is 2. The topological polar surface area (TPSA) is 54.7 Å². The Morgan fingerprint density at radius 2 is 1.94 bits per heavy atom. The van der Waals surface area contributed by atoms with Crippen LogP contribution in [0.15, 0.2) is 12.1 Å². The van der Waals surface area contributed by atoms with Crippen molar-refractivity contribution in [3.8, 4) is 0 Å². The molecule has 84 valence electrons. The number of imidazole rings is 1. The number of aromatic amines is 1. The van der Waals surface area contributed by atoms with Gasteiger partial charge in [-0.3, -0.25) is 0 Å². The molecule has 0 spiro atoms. The number of aryl methyl sites for hydroxylation is 2. The van der Waals surface area contributed by atoms with Crippen molar-refractivity contribution in [2.24, 2.45) is 5.73 Å². The third-order valence-electron chi connectivity index (χ3n) is 3.38.